The van der Waals surface area contributed by atoms with Gasteiger partial charge in [0.25, 0.3) is 5.69 Å². The summed E-state index contributed by atoms with van der Waals surface area (Å²) in [4.78, 5) is 53.5. The molecular weight excluding hydrogens is 1340 g/mol. The second-order valence-electron chi connectivity index (χ2n) is 21.2. The van der Waals surface area contributed by atoms with Crippen LogP contribution in [0.5, 0.6) is 46.0 Å². The van der Waals surface area contributed by atoms with E-state index >= 15 is 0 Å². The van der Waals surface area contributed by atoms with Crippen molar-refractivity contribution in [1.82, 2.24) is 0 Å². The molecule has 2 saturated heterocycles. The minimum absolute atomic E-state index is 0.0741. The van der Waals surface area contributed by atoms with Crippen molar-refractivity contribution < 1.29 is 88.7 Å². The van der Waals surface area contributed by atoms with Gasteiger partial charge in [0.05, 0.1) is 72.8 Å². The maximum atomic E-state index is 13.7. The third kappa shape index (κ3) is 14.1. The molecule has 26 nitrogen and oxygen atoms in total. The second kappa shape index (κ2) is 28.0. The van der Waals surface area contributed by atoms with Crippen LogP contribution in [0.3, 0.4) is 0 Å². The number of hydrogen-bond acceptors (Lipinski definition) is 22. The molecule has 2 fully saturated rings. The maximum Gasteiger partial charge on any atom is 0.312 e. The fraction of sp³-hybridized carbons (Fsp3) is 0.103. The Morgan fingerprint density at radius 3 is 1.10 bits per heavy atom. The molecule has 10 aromatic carbocycles. The van der Waals surface area contributed by atoms with Crippen molar-refractivity contribution in [2.45, 2.75) is 31.2 Å². The van der Waals surface area contributed by atoms with Gasteiger partial charge in [-0.3, -0.25) is 45.3 Å². The Labute approximate surface area is 559 Å². The van der Waals surface area contributed by atoms with Gasteiger partial charge in [-0.05, 0) is 194 Å². The number of sulfone groups is 2. The van der Waals surface area contributed by atoms with E-state index in [9.17, 15) is 71.6 Å². The Morgan fingerprint density at radius 2 is 0.735 bits per heavy atom. The molecule has 1 N–H and O–H groups in total. The first kappa shape index (κ1) is 67.8. The van der Waals surface area contributed by atoms with Crippen LogP contribution in [0, 0.1) is 46.3 Å². The Hall–Kier alpha value is -11.6. The molecule has 0 saturated carbocycles. The van der Waals surface area contributed by atoms with Gasteiger partial charge in [-0.15, -0.1) is 0 Å². The summed E-state index contributed by atoms with van der Waals surface area (Å²) in [5.41, 5.74) is 0.527. The molecular formula is C68H48ClFN4O22S2. The van der Waals surface area contributed by atoms with Gasteiger partial charge in [-0.25, -0.2) is 16.8 Å². The van der Waals surface area contributed by atoms with Crippen molar-refractivity contribution in [3.63, 3.8) is 0 Å². The number of phenols is 1. The van der Waals surface area contributed by atoms with E-state index in [1.807, 2.05) is 0 Å². The van der Waals surface area contributed by atoms with Gasteiger partial charge >= 0.3 is 17.1 Å². The zero-order valence-corrected chi connectivity index (χ0v) is 52.9. The van der Waals surface area contributed by atoms with Crippen molar-refractivity contribution in [1.29, 1.82) is 0 Å². The van der Waals surface area contributed by atoms with Gasteiger partial charge in [-0.2, -0.15) is 4.39 Å². The van der Waals surface area contributed by atoms with E-state index in [1.165, 1.54) is 24.3 Å². The molecule has 0 amide bonds. The monoisotopic (exact) mass is 1390 g/mol. The summed E-state index contributed by atoms with van der Waals surface area (Å²) in [6.07, 6.45) is 0. The lowest BCUT2D eigenvalue weighted by Gasteiger charge is -2.28. The molecule has 98 heavy (non-hydrogen) atoms. The molecule has 10 aromatic rings. The van der Waals surface area contributed by atoms with Crippen molar-refractivity contribution in [2.24, 2.45) is 0 Å². The first-order valence-corrected chi connectivity index (χ1v) is 32.2. The maximum absolute atomic E-state index is 13.7. The van der Waals surface area contributed by atoms with Gasteiger partial charge in [0, 0.05) is 57.6 Å². The standard InChI is InChI=1S/C41H29ClN2O12S.C27H19FN2O10S/c1-52-30-10-2-26(3-11-30)40(45)27-4-12-31(13-5-27)55-32-14-6-28(7-15-32)41(53-22-23-54-41)29-8-16-33(17-9-29)56-39-21-19-35(25-38(39)44(48)49)57(50,51)34-18-20-36(42)37(24-34)43(46)47;28-23-11-9-21(15-24(23)29(32)33)41(36,37)22-10-12-26(25(16-22)30(34)35)40-20-7-3-18(4-8-20)27(38-13-14-39-27)17-1-5-19(31)6-2-17/h2-21,24-25H,22-23H2,1H3;1-12,15-16,31H,13-14H2. The quantitative estimate of drug-likeness (QED) is 0.0302. The molecule has 498 valence electrons. The summed E-state index contributed by atoms with van der Waals surface area (Å²) in [6, 6.07) is 50.8. The summed E-state index contributed by atoms with van der Waals surface area (Å²) < 4.78 is 113. The lowest BCUT2D eigenvalue weighted by molar-refractivity contribution is -0.387. The second-order valence-corrected chi connectivity index (χ2v) is 25.5. The van der Waals surface area contributed by atoms with E-state index in [0.717, 1.165) is 60.7 Å². The number of carbonyl (C=O) groups excluding carboxylic acids is 1. The third-order valence-corrected chi connectivity index (χ3v) is 19.0. The summed E-state index contributed by atoms with van der Waals surface area (Å²) in [5.74, 6) is -2.22. The van der Waals surface area contributed by atoms with Gasteiger partial charge in [0.1, 0.15) is 39.5 Å². The minimum atomic E-state index is -4.48. The number of nitro groups is 4. The van der Waals surface area contributed by atoms with E-state index in [2.05, 4.69) is 0 Å². The Morgan fingerprint density at radius 1 is 0.429 bits per heavy atom. The average Bonchev–Trinajstić information content (AvgIpc) is 1.01. The minimum Gasteiger partial charge on any atom is -0.508 e. The zero-order chi connectivity index (χ0) is 69.7. The Balaban J connectivity index is 0.000000209. The summed E-state index contributed by atoms with van der Waals surface area (Å²) in [5, 5.41) is 55.6. The number of ether oxygens (including phenoxy) is 8. The number of aromatic hydroxyl groups is 1. The number of nitro benzene ring substituents is 4. The molecule has 2 heterocycles. The molecule has 0 unspecified atom stereocenters. The highest BCUT2D eigenvalue weighted by molar-refractivity contribution is 7.91. The highest BCUT2D eigenvalue weighted by atomic mass is 35.5. The fourth-order valence-corrected chi connectivity index (χ4v) is 13.2. The average molecular weight is 1390 g/mol. The molecule has 30 heteroatoms. The number of phenolic OH excluding ortho intramolecular Hbond substituents is 1. The molecule has 0 bridgehead atoms. The predicted octanol–water partition coefficient (Wildman–Crippen LogP) is 14.3. The van der Waals surface area contributed by atoms with Crippen LogP contribution >= 0.6 is 11.6 Å². The third-order valence-electron chi connectivity index (χ3n) is 15.2. The lowest BCUT2D eigenvalue weighted by atomic mass is 9.97. The Kier molecular flexibility index (Phi) is 19.4. The number of carbonyl (C=O) groups is 1. The van der Waals surface area contributed by atoms with Gasteiger partial charge in [-0.1, -0.05) is 11.6 Å². The van der Waals surface area contributed by atoms with E-state index in [-0.39, 0.29) is 39.6 Å². The number of ketones is 1. The Bertz CT molecular complexity index is 4970. The van der Waals surface area contributed by atoms with Crippen LogP contribution < -0.4 is 18.9 Å². The van der Waals surface area contributed by atoms with Crippen LogP contribution in [0.4, 0.5) is 27.1 Å². The van der Waals surface area contributed by atoms with Crippen LogP contribution in [-0.2, 0) is 50.2 Å². The normalized spacial score (nSPS) is 13.9. The zero-order valence-electron chi connectivity index (χ0n) is 50.5. The number of rotatable bonds is 21. The molecule has 0 aliphatic carbocycles. The highest BCUT2D eigenvalue weighted by Gasteiger charge is 2.42. The molecule has 2 aliphatic rings. The molecule has 0 radical (unpaired) electrons. The molecule has 0 spiro atoms. The smallest absolute Gasteiger partial charge is 0.312 e. The van der Waals surface area contributed by atoms with Gasteiger partial charge in [0.2, 0.25) is 48.6 Å². The predicted molar refractivity (Wildman–Crippen MR) is 344 cm³/mol. The van der Waals surface area contributed by atoms with Crippen molar-refractivity contribution in [3.8, 4) is 46.0 Å². The molecule has 12 rings (SSSR count). The molecule has 0 atom stereocenters. The topological polar surface area (TPSA) is 352 Å². The summed E-state index contributed by atoms with van der Waals surface area (Å²) in [6.45, 7) is 1.27. The first-order chi connectivity index (χ1) is 46.9. The van der Waals surface area contributed by atoms with Crippen molar-refractivity contribution >= 4 is 59.8 Å². The highest BCUT2D eigenvalue weighted by Crippen LogP contribution is 2.44. The van der Waals surface area contributed by atoms with Crippen LogP contribution in [0.25, 0.3) is 0 Å². The number of nitrogens with zero attached hydrogens (tertiary/aromatic N) is 4. The van der Waals surface area contributed by atoms with Crippen LogP contribution in [-0.4, -0.2) is 81.0 Å². The first-order valence-electron chi connectivity index (χ1n) is 28.8. The fourth-order valence-electron chi connectivity index (χ4n) is 10.4. The largest absolute Gasteiger partial charge is 0.508 e. The number of hydrogen-bond donors (Lipinski definition) is 1. The number of halogens is 2. The van der Waals surface area contributed by atoms with Gasteiger partial charge in [0.15, 0.2) is 5.78 Å². The summed E-state index contributed by atoms with van der Waals surface area (Å²) in [7, 11) is -7.33. The van der Waals surface area contributed by atoms with E-state index in [4.69, 9.17) is 49.5 Å². The number of benzene rings is 10. The van der Waals surface area contributed by atoms with Crippen molar-refractivity contribution in [3.05, 3.63) is 303 Å². The van der Waals surface area contributed by atoms with E-state index < -0.39 is 99.1 Å². The molecule has 0 aromatic heterocycles. The SMILES string of the molecule is COc1ccc(C(=O)c2ccc(Oc3ccc(C4(c5ccc(Oc6ccc(S(=O)(=O)c7ccc(Cl)c([N+](=O)[O-])c7)cc6[N+](=O)[O-])cc5)OCCO4)cc3)cc2)cc1.O=[N+]([O-])c1cc(S(=O)(=O)c2ccc(Oc3ccc(C4(c5ccc(O)cc5)OCCO4)cc3)c([N+](=O)[O-])c2)ccc1F. The van der Waals surface area contributed by atoms with E-state index in [1.54, 1.807) is 128 Å². The summed E-state index contributed by atoms with van der Waals surface area (Å²) >= 11 is 5.83. The number of methoxy groups -OCH3 is 1. The van der Waals surface area contributed by atoms with Crippen LogP contribution in [0.2, 0.25) is 5.02 Å². The van der Waals surface area contributed by atoms with Crippen molar-refractivity contribution in [2.75, 3.05) is 33.5 Å². The molecule has 2 aliphatic heterocycles. The lowest BCUT2D eigenvalue weighted by Crippen LogP contribution is -2.28. The van der Waals surface area contributed by atoms with Gasteiger partial charge < -0.3 is 43.0 Å². The van der Waals surface area contributed by atoms with E-state index in [0.29, 0.717) is 89.2 Å². The van der Waals surface area contributed by atoms with Crippen LogP contribution in [0.1, 0.15) is 38.2 Å². The van der Waals surface area contributed by atoms with Crippen LogP contribution in [0.15, 0.2) is 238 Å².